The van der Waals surface area contributed by atoms with Gasteiger partial charge in [-0.1, -0.05) is 6.07 Å². The zero-order valence-corrected chi connectivity index (χ0v) is 12.7. The molecule has 0 fully saturated rings. The van der Waals surface area contributed by atoms with Crippen molar-refractivity contribution in [1.29, 1.82) is 0 Å². The second-order valence-corrected chi connectivity index (χ2v) is 4.72. The fourth-order valence-electron chi connectivity index (χ4n) is 1.59. The summed E-state index contributed by atoms with van der Waals surface area (Å²) in [6, 6.07) is 5.86. The Morgan fingerprint density at radius 2 is 2.20 bits per heavy atom. The van der Waals surface area contributed by atoms with Gasteiger partial charge in [0.05, 0.1) is 18.3 Å². The Balaban J connectivity index is 2.32. The van der Waals surface area contributed by atoms with Crippen molar-refractivity contribution in [1.82, 2.24) is 15.6 Å². The van der Waals surface area contributed by atoms with Crippen molar-refractivity contribution < 1.29 is 4.74 Å². The quantitative estimate of drug-likeness (QED) is 0.433. The van der Waals surface area contributed by atoms with Gasteiger partial charge in [0.25, 0.3) is 0 Å². The third kappa shape index (κ3) is 7.74. The van der Waals surface area contributed by atoms with Gasteiger partial charge in [-0.2, -0.15) is 0 Å². The van der Waals surface area contributed by atoms with Crippen molar-refractivity contribution in [2.24, 2.45) is 4.99 Å². The van der Waals surface area contributed by atoms with E-state index in [-0.39, 0.29) is 0 Å². The van der Waals surface area contributed by atoms with Crippen LogP contribution in [0.4, 0.5) is 0 Å². The molecular formula is C15H26N4O. The number of pyridine rings is 1. The van der Waals surface area contributed by atoms with Crippen molar-refractivity contribution in [3.8, 4) is 0 Å². The molecule has 5 nitrogen and oxygen atoms in total. The molecule has 0 aliphatic rings. The minimum Gasteiger partial charge on any atom is -0.379 e. The van der Waals surface area contributed by atoms with Gasteiger partial charge in [0.2, 0.25) is 0 Å². The molecule has 0 atom stereocenters. The van der Waals surface area contributed by atoms with Crippen LogP contribution in [0.5, 0.6) is 0 Å². The average Bonchev–Trinajstić information content (AvgIpc) is 2.45. The maximum absolute atomic E-state index is 5.50. The van der Waals surface area contributed by atoms with E-state index in [4.69, 9.17) is 4.74 Å². The summed E-state index contributed by atoms with van der Waals surface area (Å²) >= 11 is 0. The van der Waals surface area contributed by atoms with E-state index >= 15 is 0 Å². The van der Waals surface area contributed by atoms with E-state index in [9.17, 15) is 0 Å². The maximum atomic E-state index is 5.50. The largest absolute Gasteiger partial charge is 0.379 e. The number of aliphatic imine (C=N–C) groups is 1. The molecule has 0 aromatic carbocycles. The number of hydrogen-bond donors (Lipinski definition) is 2. The Morgan fingerprint density at radius 1 is 1.35 bits per heavy atom. The predicted octanol–water partition coefficient (Wildman–Crippen LogP) is 1.95. The van der Waals surface area contributed by atoms with Gasteiger partial charge >= 0.3 is 0 Å². The molecule has 112 valence electrons. The van der Waals surface area contributed by atoms with E-state index in [1.807, 2.05) is 32.0 Å². The number of ether oxygens (including phenoxy) is 1. The van der Waals surface area contributed by atoms with E-state index in [1.54, 1.807) is 6.20 Å². The Bertz CT molecular complexity index is 379. The molecule has 0 spiro atoms. The lowest BCUT2D eigenvalue weighted by atomic mass is 10.3. The van der Waals surface area contributed by atoms with Crippen LogP contribution in [0.2, 0.25) is 0 Å². The lowest BCUT2D eigenvalue weighted by Crippen LogP contribution is -2.38. The smallest absolute Gasteiger partial charge is 0.191 e. The summed E-state index contributed by atoms with van der Waals surface area (Å²) in [4.78, 5) is 8.76. The third-order valence-electron chi connectivity index (χ3n) is 2.53. The molecule has 0 aliphatic carbocycles. The second kappa shape index (κ2) is 10.2. The van der Waals surface area contributed by atoms with Gasteiger partial charge in [-0.25, -0.2) is 4.99 Å². The van der Waals surface area contributed by atoms with Crippen LogP contribution < -0.4 is 10.6 Å². The summed E-state index contributed by atoms with van der Waals surface area (Å²) in [6.07, 6.45) is 3.04. The number of nitrogens with zero attached hydrogens (tertiary/aromatic N) is 2. The van der Waals surface area contributed by atoms with Crippen LogP contribution in [-0.2, 0) is 11.3 Å². The molecule has 0 bridgehead atoms. The highest BCUT2D eigenvalue weighted by Gasteiger charge is 1.98. The standard InChI is InChI=1S/C15H26N4O/c1-4-16-15(18-10-7-11-20-13(2)3)19-12-14-8-5-6-9-17-14/h5-6,8-9,13H,4,7,10-12H2,1-3H3,(H2,16,18,19). The second-order valence-electron chi connectivity index (χ2n) is 4.72. The van der Waals surface area contributed by atoms with Crippen LogP contribution in [0.3, 0.4) is 0 Å². The van der Waals surface area contributed by atoms with E-state index in [0.717, 1.165) is 37.8 Å². The molecule has 1 heterocycles. The fourth-order valence-corrected chi connectivity index (χ4v) is 1.59. The highest BCUT2D eigenvalue weighted by molar-refractivity contribution is 5.79. The molecule has 0 saturated heterocycles. The Morgan fingerprint density at radius 3 is 2.85 bits per heavy atom. The van der Waals surface area contributed by atoms with Crippen LogP contribution in [0.25, 0.3) is 0 Å². The maximum Gasteiger partial charge on any atom is 0.191 e. The summed E-state index contributed by atoms with van der Waals surface area (Å²) in [5, 5.41) is 6.52. The molecule has 0 unspecified atom stereocenters. The molecule has 0 aliphatic heterocycles. The van der Waals surface area contributed by atoms with Crippen LogP contribution in [0.15, 0.2) is 29.4 Å². The minimum atomic E-state index is 0.293. The summed E-state index contributed by atoms with van der Waals surface area (Å²) in [6.45, 7) is 9.19. The Hall–Kier alpha value is -1.62. The van der Waals surface area contributed by atoms with E-state index in [1.165, 1.54) is 0 Å². The molecule has 0 amide bonds. The van der Waals surface area contributed by atoms with Gasteiger partial charge in [0.1, 0.15) is 0 Å². The normalized spacial score (nSPS) is 11.7. The first-order valence-corrected chi connectivity index (χ1v) is 7.26. The first-order valence-electron chi connectivity index (χ1n) is 7.26. The first-order chi connectivity index (χ1) is 9.72. The highest BCUT2D eigenvalue weighted by Crippen LogP contribution is 1.95. The third-order valence-corrected chi connectivity index (χ3v) is 2.53. The topological polar surface area (TPSA) is 58.5 Å². The van der Waals surface area contributed by atoms with Gasteiger partial charge in [0.15, 0.2) is 5.96 Å². The summed E-state index contributed by atoms with van der Waals surface area (Å²) in [5.74, 6) is 0.822. The van der Waals surface area contributed by atoms with E-state index in [0.29, 0.717) is 12.6 Å². The molecule has 0 radical (unpaired) electrons. The predicted molar refractivity (Wildman–Crippen MR) is 82.8 cm³/mol. The minimum absolute atomic E-state index is 0.293. The fraction of sp³-hybridized carbons (Fsp3) is 0.600. The van der Waals surface area contributed by atoms with Crippen molar-refractivity contribution in [3.63, 3.8) is 0 Å². The van der Waals surface area contributed by atoms with Crippen LogP contribution in [0, 0.1) is 0 Å². The number of nitrogens with one attached hydrogen (secondary N) is 2. The molecule has 1 aromatic rings. The van der Waals surface area contributed by atoms with Crippen molar-refractivity contribution >= 4 is 5.96 Å². The van der Waals surface area contributed by atoms with Crippen molar-refractivity contribution in [2.75, 3.05) is 19.7 Å². The number of hydrogen-bond acceptors (Lipinski definition) is 3. The summed E-state index contributed by atoms with van der Waals surface area (Å²) in [5.41, 5.74) is 0.966. The molecule has 5 heteroatoms. The molecule has 2 N–H and O–H groups in total. The molecule has 20 heavy (non-hydrogen) atoms. The molecular weight excluding hydrogens is 252 g/mol. The Kier molecular flexibility index (Phi) is 8.38. The zero-order chi connectivity index (χ0) is 14.6. The lowest BCUT2D eigenvalue weighted by Gasteiger charge is -2.12. The Labute approximate surface area is 121 Å². The van der Waals surface area contributed by atoms with Crippen LogP contribution in [-0.4, -0.2) is 36.7 Å². The van der Waals surface area contributed by atoms with Gasteiger partial charge in [-0.3, -0.25) is 4.98 Å². The van der Waals surface area contributed by atoms with Crippen molar-refractivity contribution in [2.45, 2.75) is 39.8 Å². The van der Waals surface area contributed by atoms with E-state index in [2.05, 4.69) is 27.5 Å². The number of rotatable bonds is 8. The van der Waals surface area contributed by atoms with Gasteiger partial charge < -0.3 is 15.4 Å². The summed E-state index contributed by atoms with van der Waals surface area (Å²) < 4.78 is 5.50. The van der Waals surface area contributed by atoms with Gasteiger partial charge in [-0.15, -0.1) is 0 Å². The van der Waals surface area contributed by atoms with Gasteiger partial charge in [0, 0.05) is 25.9 Å². The zero-order valence-electron chi connectivity index (χ0n) is 12.7. The first kappa shape index (κ1) is 16.4. The van der Waals surface area contributed by atoms with Crippen LogP contribution >= 0.6 is 0 Å². The monoisotopic (exact) mass is 278 g/mol. The lowest BCUT2D eigenvalue weighted by molar-refractivity contribution is 0.0776. The molecule has 1 rings (SSSR count). The highest BCUT2D eigenvalue weighted by atomic mass is 16.5. The van der Waals surface area contributed by atoms with Crippen LogP contribution in [0.1, 0.15) is 32.9 Å². The molecule has 1 aromatic heterocycles. The van der Waals surface area contributed by atoms with E-state index < -0.39 is 0 Å². The number of guanidine groups is 1. The van der Waals surface area contributed by atoms with Crippen molar-refractivity contribution in [3.05, 3.63) is 30.1 Å². The average molecular weight is 278 g/mol. The van der Waals surface area contributed by atoms with Gasteiger partial charge in [-0.05, 0) is 39.3 Å². The SMILES string of the molecule is CCNC(=NCc1ccccn1)NCCCOC(C)C. The number of aromatic nitrogens is 1. The molecule has 0 saturated carbocycles. The summed E-state index contributed by atoms with van der Waals surface area (Å²) in [7, 11) is 0.